The highest BCUT2D eigenvalue weighted by Crippen LogP contribution is 2.30. The molecule has 1 heterocycles. The summed E-state index contributed by atoms with van der Waals surface area (Å²) in [6.45, 7) is 2.13. The first-order valence-electron chi connectivity index (χ1n) is 5.46. The Balaban J connectivity index is 2.20. The number of rotatable bonds is 1. The Morgan fingerprint density at radius 1 is 1.33 bits per heavy atom. The van der Waals surface area contributed by atoms with Crippen molar-refractivity contribution in [2.45, 2.75) is 37.9 Å². The Morgan fingerprint density at radius 3 is 2.73 bits per heavy atom. The van der Waals surface area contributed by atoms with Crippen molar-refractivity contribution in [2.75, 3.05) is 0 Å². The average Bonchev–Trinajstić information content (AvgIpc) is 2.16. The number of aromatic hydroxyl groups is 1. The maximum Gasteiger partial charge on any atom is 0.120 e. The molecule has 0 amide bonds. The van der Waals surface area contributed by atoms with E-state index in [1.807, 2.05) is 18.2 Å². The predicted molar refractivity (Wildman–Crippen MR) is 60.7 cm³/mol. The van der Waals surface area contributed by atoms with Crippen LogP contribution in [0.25, 0.3) is 0 Å². The van der Waals surface area contributed by atoms with Crippen LogP contribution >= 0.6 is 0 Å². The number of piperidine rings is 1. The molecule has 0 unspecified atom stereocenters. The highest BCUT2D eigenvalue weighted by atomic mass is 16.3. The minimum absolute atomic E-state index is 0.185. The van der Waals surface area contributed by atoms with Crippen LogP contribution in [0.4, 0.5) is 0 Å². The highest BCUT2D eigenvalue weighted by Gasteiger charge is 2.25. The molecule has 4 N–H and O–H groups in total. The van der Waals surface area contributed by atoms with E-state index >= 15 is 0 Å². The molecule has 3 nitrogen and oxygen atoms in total. The summed E-state index contributed by atoms with van der Waals surface area (Å²) in [5.74, 6) is 0.358. The van der Waals surface area contributed by atoms with Crippen LogP contribution in [0.2, 0.25) is 0 Å². The van der Waals surface area contributed by atoms with Crippen molar-refractivity contribution >= 4 is 0 Å². The molecule has 0 saturated carbocycles. The molecule has 1 aliphatic rings. The van der Waals surface area contributed by atoms with Crippen molar-refractivity contribution < 1.29 is 5.11 Å². The van der Waals surface area contributed by atoms with E-state index in [0.29, 0.717) is 11.8 Å². The van der Waals surface area contributed by atoms with Gasteiger partial charge in [-0.05, 0) is 25.8 Å². The molecular formula is C12H18N2O. The number of phenolic OH excluding ortho intramolecular Hbond substituents is 1. The second-order valence-corrected chi connectivity index (χ2v) is 4.41. The molecule has 1 saturated heterocycles. The van der Waals surface area contributed by atoms with E-state index in [9.17, 15) is 5.11 Å². The van der Waals surface area contributed by atoms with Crippen molar-refractivity contribution in [1.82, 2.24) is 5.32 Å². The molecule has 1 aromatic rings. The quantitative estimate of drug-likeness (QED) is 0.653. The first-order chi connectivity index (χ1) is 7.16. The standard InChI is InChI=1S/C12H18N2O/c1-8-6-9(13)7-11(14-8)10-4-2-3-5-12(10)15/h2-5,8-9,11,14-15H,6-7,13H2,1H3/t8-,9+,11-/m0/s1. The van der Waals surface area contributed by atoms with Crippen LogP contribution in [0.5, 0.6) is 5.75 Å². The van der Waals surface area contributed by atoms with Gasteiger partial charge in [-0.25, -0.2) is 0 Å². The van der Waals surface area contributed by atoms with Gasteiger partial charge in [0, 0.05) is 23.7 Å². The Hall–Kier alpha value is -1.06. The number of nitrogens with two attached hydrogens (primary N) is 1. The maximum absolute atomic E-state index is 9.75. The Labute approximate surface area is 90.3 Å². The summed E-state index contributed by atoms with van der Waals surface area (Å²) in [6.07, 6.45) is 1.89. The zero-order valence-electron chi connectivity index (χ0n) is 8.98. The minimum Gasteiger partial charge on any atom is -0.508 e. The van der Waals surface area contributed by atoms with Crippen LogP contribution in [0.1, 0.15) is 31.4 Å². The van der Waals surface area contributed by atoms with Gasteiger partial charge in [-0.3, -0.25) is 0 Å². The van der Waals surface area contributed by atoms with Crippen molar-refractivity contribution in [3.8, 4) is 5.75 Å². The van der Waals surface area contributed by atoms with Crippen molar-refractivity contribution in [3.05, 3.63) is 29.8 Å². The average molecular weight is 206 g/mol. The topological polar surface area (TPSA) is 58.3 Å². The van der Waals surface area contributed by atoms with E-state index in [0.717, 1.165) is 18.4 Å². The van der Waals surface area contributed by atoms with Crippen molar-refractivity contribution in [2.24, 2.45) is 5.73 Å². The monoisotopic (exact) mass is 206 g/mol. The number of para-hydroxylation sites is 1. The third-order valence-corrected chi connectivity index (χ3v) is 2.99. The number of hydrogen-bond donors (Lipinski definition) is 3. The van der Waals surface area contributed by atoms with Gasteiger partial charge in [-0.1, -0.05) is 18.2 Å². The molecule has 0 aromatic heterocycles. The Kier molecular flexibility index (Phi) is 2.93. The fourth-order valence-corrected chi connectivity index (χ4v) is 2.33. The van der Waals surface area contributed by atoms with Gasteiger partial charge in [0.1, 0.15) is 5.75 Å². The smallest absolute Gasteiger partial charge is 0.120 e. The highest BCUT2D eigenvalue weighted by molar-refractivity contribution is 5.35. The first kappa shape index (κ1) is 10.5. The summed E-state index contributed by atoms with van der Waals surface area (Å²) in [4.78, 5) is 0. The molecule has 15 heavy (non-hydrogen) atoms. The van der Waals surface area contributed by atoms with Crippen LogP contribution < -0.4 is 11.1 Å². The number of hydrogen-bond acceptors (Lipinski definition) is 3. The van der Waals surface area contributed by atoms with Gasteiger partial charge >= 0.3 is 0 Å². The molecule has 0 aliphatic carbocycles. The third kappa shape index (κ3) is 2.30. The third-order valence-electron chi connectivity index (χ3n) is 2.99. The van der Waals surface area contributed by atoms with Gasteiger partial charge in [-0.2, -0.15) is 0 Å². The van der Waals surface area contributed by atoms with Gasteiger partial charge < -0.3 is 16.2 Å². The lowest BCUT2D eigenvalue weighted by Crippen LogP contribution is -2.44. The number of phenols is 1. The lowest BCUT2D eigenvalue weighted by Gasteiger charge is -2.33. The number of nitrogens with one attached hydrogen (secondary N) is 1. The molecule has 2 rings (SSSR count). The molecular weight excluding hydrogens is 188 g/mol. The summed E-state index contributed by atoms with van der Waals surface area (Å²) < 4.78 is 0. The van der Waals surface area contributed by atoms with E-state index in [1.54, 1.807) is 6.07 Å². The molecule has 0 radical (unpaired) electrons. The summed E-state index contributed by atoms with van der Waals surface area (Å²) in [5.41, 5.74) is 6.94. The van der Waals surface area contributed by atoms with Crippen molar-refractivity contribution in [1.29, 1.82) is 0 Å². The van der Waals surface area contributed by atoms with E-state index in [-0.39, 0.29) is 12.1 Å². The lowest BCUT2D eigenvalue weighted by molar-refractivity contribution is 0.301. The first-order valence-corrected chi connectivity index (χ1v) is 5.46. The van der Waals surface area contributed by atoms with E-state index < -0.39 is 0 Å². The Morgan fingerprint density at radius 2 is 2.07 bits per heavy atom. The van der Waals surface area contributed by atoms with Crippen LogP contribution in [-0.4, -0.2) is 17.2 Å². The largest absolute Gasteiger partial charge is 0.508 e. The van der Waals surface area contributed by atoms with Gasteiger partial charge in [-0.15, -0.1) is 0 Å². The van der Waals surface area contributed by atoms with Crippen LogP contribution in [-0.2, 0) is 0 Å². The normalized spacial score (nSPS) is 31.5. The van der Waals surface area contributed by atoms with E-state index in [4.69, 9.17) is 5.73 Å². The Bertz CT molecular complexity index is 330. The number of benzene rings is 1. The summed E-state index contributed by atoms with van der Waals surface area (Å²) in [5, 5.41) is 13.2. The van der Waals surface area contributed by atoms with Crippen LogP contribution in [0.3, 0.4) is 0 Å². The van der Waals surface area contributed by atoms with E-state index in [2.05, 4.69) is 12.2 Å². The molecule has 0 spiro atoms. The molecule has 0 bridgehead atoms. The van der Waals surface area contributed by atoms with Gasteiger partial charge in [0.15, 0.2) is 0 Å². The molecule has 1 aliphatic heterocycles. The fourth-order valence-electron chi connectivity index (χ4n) is 2.33. The minimum atomic E-state index is 0.185. The zero-order valence-corrected chi connectivity index (χ0v) is 8.98. The summed E-state index contributed by atoms with van der Waals surface area (Å²) in [7, 11) is 0. The van der Waals surface area contributed by atoms with E-state index in [1.165, 1.54) is 0 Å². The molecule has 1 aromatic carbocycles. The maximum atomic E-state index is 9.75. The zero-order chi connectivity index (χ0) is 10.8. The van der Waals surface area contributed by atoms with Gasteiger partial charge in [0.05, 0.1) is 0 Å². The molecule has 3 atom stereocenters. The van der Waals surface area contributed by atoms with Crippen LogP contribution in [0.15, 0.2) is 24.3 Å². The SMILES string of the molecule is C[C@H]1C[C@@H](N)C[C@@H](c2ccccc2O)N1. The molecule has 3 heteroatoms. The van der Waals surface area contributed by atoms with Gasteiger partial charge in [0.25, 0.3) is 0 Å². The second-order valence-electron chi connectivity index (χ2n) is 4.41. The second kappa shape index (κ2) is 4.21. The summed E-state index contributed by atoms with van der Waals surface area (Å²) in [6, 6.07) is 8.29. The molecule has 82 valence electrons. The fraction of sp³-hybridized carbons (Fsp3) is 0.500. The summed E-state index contributed by atoms with van der Waals surface area (Å²) >= 11 is 0. The molecule has 1 fully saturated rings. The predicted octanol–water partition coefficient (Wildman–Crippen LogP) is 1.53. The van der Waals surface area contributed by atoms with Crippen molar-refractivity contribution in [3.63, 3.8) is 0 Å². The lowest BCUT2D eigenvalue weighted by atomic mass is 9.90. The van der Waals surface area contributed by atoms with Crippen LogP contribution in [0, 0.1) is 0 Å². The van der Waals surface area contributed by atoms with Gasteiger partial charge in [0.2, 0.25) is 0 Å².